The average Bonchev–Trinajstić information content (AvgIpc) is 3.07. The van der Waals surface area contributed by atoms with Crippen molar-refractivity contribution in [3.63, 3.8) is 0 Å². The summed E-state index contributed by atoms with van der Waals surface area (Å²) in [6, 6.07) is 18.8. The van der Waals surface area contributed by atoms with E-state index in [1.165, 1.54) is 23.5 Å². The normalized spacial score (nSPS) is 10.8. The number of fused-ring (bicyclic) bond motifs is 1. The highest BCUT2D eigenvalue weighted by Crippen LogP contribution is 2.36. The maximum atomic E-state index is 13.9. The molecule has 1 amide bonds. The second-order valence-electron chi connectivity index (χ2n) is 5.61. The molecule has 4 aromatic rings. The Morgan fingerprint density at radius 2 is 1.81 bits per heavy atom. The van der Waals surface area contributed by atoms with Crippen molar-refractivity contribution in [2.75, 3.05) is 5.32 Å². The molecule has 4 rings (SSSR count). The quantitative estimate of drug-likeness (QED) is 0.471. The lowest BCUT2D eigenvalue weighted by Crippen LogP contribution is -2.14. The second kappa shape index (κ2) is 6.86. The van der Waals surface area contributed by atoms with Crippen molar-refractivity contribution >= 4 is 44.7 Å². The molecular formula is C20H12ClFN2OS. The molecule has 6 heteroatoms. The van der Waals surface area contributed by atoms with Gasteiger partial charge >= 0.3 is 0 Å². The van der Waals surface area contributed by atoms with Crippen molar-refractivity contribution in [2.24, 2.45) is 0 Å². The van der Waals surface area contributed by atoms with Gasteiger partial charge in [-0.15, -0.1) is 11.3 Å². The van der Waals surface area contributed by atoms with Gasteiger partial charge in [-0.1, -0.05) is 35.9 Å². The molecule has 0 saturated carbocycles. The van der Waals surface area contributed by atoms with Gasteiger partial charge in [-0.2, -0.15) is 0 Å². The van der Waals surface area contributed by atoms with Crippen LogP contribution in [0.15, 0.2) is 66.7 Å². The number of carbonyl (C=O) groups is 1. The number of aromatic nitrogens is 1. The maximum absolute atomic E-state index is 13.9. The van der Waals surface area contributed by atoms with Crippen LogP contribution in [0.2, 0.25) is 5.02 Å². The Morgan fingerprint density at radius 1 is 1.04 bits per heavy atom. The molecule has 0 aliphatic rings. The number of anilines is 1. The number of thiazole rings is 1. The van der Waals surface area contributed by atoms with E-state index in [2.05, 4.69) is 10.3 Å². The lowest BCUT2D eigenvalue weighted by atomic mass is 10.1. The van der Waals surface area contributed by atoms with Crippen LogP contribution in [0.1, 0.15) is 10.4 Å². The predicted molar refractivity (Wildman–Crippen MR) is 104 cm³/mol. The van der Waals surface area contributed by atoms with E-state index in [1.54, 1.807) is 30.3 Å². The number of nitrogens with zero attached hydrogens (tertiary/aromatic N) is 1. The van der Waals surface area contributed by atoms with Crippen LogP contribution in [0.5, 0.6) is 0 Å². The van der Waals surface area contributed by atoms with Crippen LogP contribution in [-0.2, 0) is 0 Å². The molecule has 3 aromatic carbocycles. The van der Waals surface area contributed by atoms with Crippen LogP contribution in [0, 0.1) is 5.82 Å². The number of hydrogen-bond acceptors (Lipinski definition) is 3. The van der Waals surface area contributed by atoms with Crippen LogP contribution < -0.4 is 5.32 Å². The van der Waals surface area contributed by atoms with Gasteiger partial charge in [-0.25, -0.2) is 9.37 Å². The molecule has 0 radical (unpaired) electrons. The average molecular weight is 383 g/mol. The van der Waals surface area contributed by atoms with E-state index in [0.717, 1.165) is 15.2 Å². The summed E-state index contributed by atoms with van der Waals surface area (Å²) in [6.45, 7) is 0. The SMILES string of the molecule is O=C(Nc1ccc(Cl)cc1-c1nc2ccccc2s1)c1ccccc1F. The largest absolute Gasteiger partial charge is 0.321 e. The molecule has 0 fully saturated rings. The van der Waals surface area contributed by atoms with Crippen LogP contribution in [0.25, 0.3) is 20.8 Å². The van der Waals surface area contributed by atoms with E-state index in [1.807, 2.05) is 24.3 Å². The lowest BCUT2D eigenvalue weighted by molar-refractivity contribution is 0.102. The molecule has 26 heavy (non-hydrogen) atoms. The number of rotatable bonds is 3. The molecule has 1 N–H and O–H groups in total. The van der Waals surface area contributed by atoms with Crippen LogP contribution in [0.4, 0.5) is 10.1 Å². The van der Waals surface area contributed by atoms with E-state index in [-0.39, 0.29) is 5.56 Å². The van der Waals surface area contributed by atoms with Gasteiger partial charge in [0, 0.05) is 10.6 Å². The summed E-state index contributed by atoms with van der Waals surface area (Å²) < 4.78 is 14.9. The number of para-hydroxylation sites is 1. The first kappa shape index (κ1) is 16.7. The van der Waals surface area contributed by atoms with Crippen molar-refractivity contribution in [1.82, 2.24) is 4.98 Å². The third kappa shape index (κ3) is 3.19. The second-order valence-corrected chi connectivity index (χ2v) is 7.08. The van der Waals surface area contributed by atoms with Gasteiger partial charge in [0.25, 0.3) is 5.91 Å². The van der Waals surface area contributed by atoms with Gasteiger partial charge in [0.2, 0.25) is 0 Å². The first-order chi connectivity index (χ1) is 12.6. The van der Waals surface area contributed by atoms with Gasteiger partial charge in [-0.3, -0.25) is 4.79 Å². The van der Waals surface area contributed by atoms with E-state index in [4.69, 9.17) is 11.6 Å². The van der Waals surface area contributed by atoms with Gasteiger partial charge in [-0.05, 0) is 42.5 Å². The highest BCUT2D eigenvalue weighted by Gasteiger charge is 2.16. The maximum Gasteiger partial charge on any atom is 0.258 e. The Labute approximate surface area is 158 Å². The molecule has 0 saturated heterocycles. The van der Waals surface area contributed by atoms with Crippen LogP contribution in [0.3, 0.4) is 0 Å². The molecule has 128 valence electrons. The van der Waals surface area contributed by atoms with Crippen molar-refractivity contribution in [1.29, 1.82) is 0 Å². The minimum absolute atomic E-state index is 0.0160. The molecule has 1 aromatic heterocycles. The summed E-state index contributed by atoms with van der Waals surface area (Å²) in [6.07, 6.45) is 0. The highest BCUT2D eigenvalue weighted by atomic mass is 35.5. The van der Waals surface area contributed by atoms with E-state index in [9.17, 15) is 9.18 Å². The predicted octanol–water partition coefficient (Wildman–Crippen LogP) is 6.01. The lowest BCUT2D eigenvalue weighted by Gasteiger charge is -2.10. The number of halogens is 2. The number of hydrogen-bond donors (Lipinski definition) is 1. The molecule has 3 nitrogen and oxygen atoms in total. The monoisotopic (exact) mass is 382 g/mol. The Balaban J connectivity index is 1.75. The van der Waals surface area contributed by atoms with Gasteiger partial charge < -0.3 is 5.32 Å². The summed E-state index contributed by atoms with van der Waals surface area (Å²) in [7, 11) is 0. The van der Waals surface area contributed by atoms with E-state index >= 15 is 0 Å². The molecule has 0 atom stereocenters. The standard InChI is InChI=1S/C20H12ClFN2OS/c21-12-9-10-16(23-19(25)13-5-1-2-6-15(13)22)14(11-12)20-24-17-7-3-4-8-18(17)26-20/h1-11H,(H,23,25). The fraction of sp³-hybridized carbons (Fsp3) is 0. The van der Waals surface area contributed by atoms with Crippen molar-refractivity contribution in [2.45, 2.75) is 0 Å². The third-order valence-corrected chi connectivity index (χ3v) is 5.18. The van der Waals surface area contributed by atoms with Gasteiger partial charge in [0.05, 0.1) is 21.5 Å². The van der Waals surface area contributed by atoms with Crippen molar-refractivity contribution in [3.8, 4) is 10.6 Å². The topological polar surface area (TPSA) is 42.0 Å². The summed E-state index contributed by atoms with van der Waals surface area (Å²) in [5.74, 6) is -1.09. The van der Waals surface area contributed by atoms with Crippen molar-refractivity contribution in [3.05, 3.63) is 83.1 Å². The minimum atomic E-state index is -0.569. The smallest absolute Gasteiger partial charge is 0.258 e. The minimum Gasteiger partial charge on any atom is -0.321 e. The molecule has 0 aliphatic carbocycles. The zero-order valence-corrected chi connectivity index (χ0v) is 14.9. The van der Waals surface area contributed by atoms with Gasteiger partial charge in [0.15, 0.2) is 0 Å². The molecule has 0 spiro atoms. The molecule has 1 heterocycles. The fourth-order valence-corrected chi connectivity index (χ4v) is 3.79. The van der Waals surface area contributed by atoms with Crippen LogP contribution >= 0.6 is 22.9 Å². The first-order valence-electron chi connectivity index (χ1n) is 7.83. The molecule has 0 bridgehead atoms. The molecule has 0 unspecified atom stereocenters. The summed E-state index contributed by atoms with van der Waals surface area (Å²) in [5.41, 5.74) is 2.08. The summed E-state index contributed by atoms with van der Waals surface area (Å²) in [5, 5.41) is 4.03. The zero-order chi connectivity index (χ0) is 18.1. The van der Waals surface area contributed by atoms with Crippen LogP contribution in [-0.4, -0.2) is 10.9 Å². The Bertz CT molecular complexity index is 1090. The zero-order valence-electron chi connectivity index (χ0n) is 13.4. The number of amides is 1. The number of nitrogens with one attached hydrogen (secondary N) is 1. The number of benzene rings is 3. The number of carbonyl (C=O) groups excluding carboxylic acids is 1. The third-order valence-electron chi connectivity index (χ3n) is 3.87. The Hall–Kier alpha value is -2.76. The molecular weight excluding hydrogens is 371 g/mol. The highest BCUT2D eigenvalue weighted by molar-refractivity contribution is 7.21. The fourth-order valence-electron chi connectivity index (χ4n) is 2.62. The Kier molecular flexibility index (Phi) is 4.41. The van der Waals surface area contributed by atoms with E-state index < -0.39 is 11.7 Å². The summed E-state index contributed by atoms with van der Waals surface area (Å²) in [4.78, 5) is 17.1. The van der Waals surface area contributed by atoms with E-state index in [0.29, 0.717) is 16.3 Å². The first-order valence-corrected chi connectivity index (χ1v) is 9.02. The summed E-state index contributed by atoms with van der Waals surface area (Å²) >= 11 is 7.65. The van der Waals surface area contributed by atoms with Crippen molar-refractivity contribution < 1.29 is 9.18 Å². The molecule has 0 aliphatic heterocycles. The Morgan fingerprint density at radius 3 is 2.62 bits per heavy atom. The van der Waals surface area contributed by atoms with Gasteiger partial charge in [0.1, 0.15) is 10.8 Å².